The van der Waals surface area contributed by atoms with Gasteiger partial charge in [0.15, 0.2) is 0 Å². The van der Waals surface area contributed by atoms with Crippen LogP contribution in [0.2, 0.25) is 0 Å². The lowest BCUT2D eigenvalue weighted by molar-refractivity contribution is 0.179. The third-order valence-electron chi connectivity index (χ3n) is 3.28. The zero-order valence-electron chi connectivity index (χ0n) is 12.2. The molecule has 6 heteroatoms. The van der Waals surface area contributed by atoms with Crippen LogP contribution in [-0.2, 0) is 16.4 Å². The summed E-state index contributed by atoms with van der Waals surface area (Å²) in [6, 6.07) is 13.0. The molecule has 2 N–H and O–H groups in total. The lowest BCUT2D eigenvalue weighted by atomic mass is 10.1. The van der Waals surface area contributed by atoms with E-state index in [-0.39, 0.29) is 11.4 Å². The Balaban J connectivity index is 1.98. The van der Waals surface area contributed by atoms with E-state index in [4.69, 9.17) is 0 Å². The van der Waals surface area contributed by atoms with Crippen molar-refractivity contribution in [1.82, 2.24) is 4.72 Å². The molecule has 2 aromatic carbocycles. The molecule has 1 unspecified atom stereocenters. The number of hydrogen-bond donors (Lipinski definition) is 2. The normalized spacial score (nSPS) is 13.0. The van der Waals surface area contributed by atoms with E-state index in [1.807, 2.05) is 30.3 Å². The van der Waals surface area contributed by atoms with Crippen LogP contribution in [0.1, 0.15) is 11.1 Å². The highest BCUT2D eigenvalue weighted by Crippen LogP contribution is 2.14. The van der Waals surface area contributed by atoms with E-state index in [0.29, 0.717) is 12.0 Å². The van der Waals surface area contributed by atoms with Gasteiger partial charge in [-0.3, -0.25) is 0 Å². The summed E-state index contributed by atoms with van der Waals surface area (Å²) >= 11 is 0. The third kappa shape index (κ3) is 4.37. The maximum absolute atomic E-state index is 13.5. The van der Waals surface area contributed by atoms with Crippen LogP contribution in [0.5, 0.6) is 0 Å². The van der Waals surface area contributed by atoms with Gasteiger partial charge in [0, 0.05) is 6.54 Å². The van der Waals surface area contributed by atoms with E-state index in [1.165, 1.54) is 12.1 Å². The standard InChI is InChI=1S/C16H18FNO3S/c1-12-7-8-15(10-16(12)17)22(20,21)18-11-14(19)9-13-5-3-2-4-6-13/h2-8,10,14,18-19H,9,11H2,1H3. The molecule has 0 aliphatic rings. The molecular weight excluding hydrogens is 305 g/mol. The summed E-state index contributed by atoms with van der Waals surface area (Å²) in [5.41, 5.74) is 1.29. The van der Waals surface area contributed by atoms with Crippen molar-refractivity contribution in [3.05, 3.63) is 65.5 Å². The topological polar surface area (TPSA) is 66.4 Å². The average molecular weight is 323 g/mol. The van der Waals surface area contributed by atoms with Crippen molar-refractivity contribution in [3.63, 3.8) is 0 Å². The Labute approximate surface area is 129 Å². The minimum atomic E-state index is -3.84. The molecule has 0 aromatic heterocycles. The van der Waals surface area contributed by atoms with E-state index < -0.39 is 21.9 Å². The minimum Gasteiger partial charge on any atom is -0.391 e. The SMILES string of the molecule is Cc1ccc(S(=O)(=O)NCC(O)Cc2ccccc2)cc1F. The smallest absolute Gasteiger partial charge is 0.240 e. The number of aryl methyl sites for hydroxylation is 1. The van der Waals surface area contributed by atoms with Crippen LogP contribution in [0, 0.1) is 12.7 Å². The van der Waals surface area contributed by atoms with E-state index in [1.54, 1.807) is 6.92 Å². The monoisotopic (exact) mass is 323 g/mol. The number of sulfonamides is 1. The number of nitrogens with one attached hydrogen (secondary N) is 1. The van der Waals surface area contributed by atoms with Crippen molar-refractivity contribution < 1.29 is 17.9 Å². The molecule has 22 heavy (non-hydrogen) atoms. The zero-order chi connectivity index (χ0) is 16.2. The molecule has 1 atom stereocenters. The Morgan fingerprint density at radius 2 is 1.86 bits per heavy atom. The Morgan fingerprint density at radius 3 is 2.50 bits per heavy atom. The number of halogens is 1. The Hall–Kier alpha value is -1.76. The van der Waals surface area contributed by atoms with E-state index in [9.17, 15) is 17.9 Å². The van der Waals surface area contributed by atoms with Gasteiger partial charge in [-0.25, -0.2) is 17.5 Å². The second-order valence-electron chi connectivity index (χ2n) is 5.11. The number of benzene rings is 2. The van der Waals surface area contributed by atoms with Gasteiger partial charge in [-0.2, -0.15) is 0 Å². The van der Waals surface area contributed by atoms with Crippen LogP contribution >= 0.6 is 0 Å². The van der Waals surface area contributed by atoms with Gasteiger partial charge in [0.2, 0.25) is 10.0 Å². The molecule has 118 valence electrons. The van der Waals surface area contributed by atoms with Gasteiger partial charge in [0.05, 0.1) is 11.0 Å². The van der Waals surface area contributed by atoms with Crippen molar-refractivity contribution in [1.29, 1.82) is 0 Å². The Kier molecular flexibility index (Phi) is 5.28. The first-order chi connectivity index (χ1) is 10.4. The predicted octanol–water partition coefficient (Wildman–Crippen LogP) is 2.02. The largest absolute Gasteiger partial charge is 0.391 e. The minimum absolute atomic E-state index is 0.132. The van der Waals surface area contributed by atoms with Gasteiger partial charge in [0.25, 0.3) is 0 Å². The first-order valence-corrected chi connectivity index (χ1v) is 8.34. The van der Waals surface area contributed by atoms with E-state index >= 15 is 0 Å². The lowest BCUT2D eigenvalue weighted by Gasteiger charge is -2.12. The predicted molar refractivity (Wildman–Crippen MR) is 82.5 cm³/mol. The summed E-state index contributed by atoms with van der Waals surface area (Å²) in [5, 5.41) is 9.91. The molecule has 4 nitrogen and oxygen atoms in total. The Morgan fingerprint density at radius 1 is 1.18 bits per heavy atom. The lowest BCUT2D eigenvalue weighted by Crippen LogP contribution is -2.33. The molecule has 2 rings (SSSR count). The van der Waals surface area contributed by atoms with Gasteiger partial charge in [-0.1, -0.05) is 36.4 Å². The highest BCUT2D eigenvalue weighted by molar-refractivity contribution is 7.89. The molecule has 0 radical (unpaired) electrons. The van der Waals surface area contributed by atoms with Crippen LogP contribution in [0.4, 0.5) is 4.39 Å². The molecule has 0 heterocycles. The molecule has 2 aromatic rings. The van der Waals surface area contributed by atoms with Crippen LogP contribution in [0.15, 0.2) is 53.4 Å². The van der Waals surface area contributed by atoms with Crippen molar-refractivity contribution in [2.24, 2.45) is 0 Å². The van der Waals surface area contributed by atoms with Crippen molar-refractivity contribution in [2.75, 3.05) is 6.54 Å². The first-order valence-electron chi connectivity index (χ1n) is 6.86. The fraction of sp³-hybridized carbons (Fsp3) is 0.250. The molecule has 0 aliphatic heterocycles. The molecule has 0 saturated heterocycles. The molecule has 0 spiro atoms. The van der Waals surface area contributed by atoms with Crippen LogP contribution < -0.4 is 4.72 Å². The second-order valence-corrected chi connectivity index (χ2v) is 6.87. The maximum atomic E-state index is 13.5. The van der Waals surface area contributed by atoms with Crippen LogP contribution in [0.3, 0.4) is 0 Å². The molecular formula is C16H18FNO3S. The summed E-state index contributed by atoms with van der Waals surface area (Å²) < 4.78 is 39.9. The summed E-state index contributed by atoms with van der Waals surface area (Å²) in [6.45, 7) is 1.43. The quantitative estimate of drug-likeness (QED) is 0.855. The van der Waals surface area contributed by atoms with Gasteiger partial charge in [0.1, 0.15) is 5.82 Å². The maximum Gasteiger partial charge on any atom is 0.240 e. The second kappa shape index (κ2) is 7.00. The number of hydrogen-bond acceptors (Lipinski definition) is 3. The zero-order valence-corrected chi connectivity index (χ0v) is 13.0. The molecule has 0 aliphatic carbocycles. The first kappa shape index (κ1) is 16.6. The Bertz CT molecular complexity index is 732. The summed E-state index contributed by atoms with van der Waals surface area (Å²) in [7, 11) is -3.84. The summed E-state index contributed by atoms with van der Waals surface area (Å²) in [4.78, 5) is -0.150. The van der Waals surface area contributed by atoms with E-state index in [0.717, 1.165) is 11.6 Å². The van der Waals surface area contributed by atoms with E-state index in [2.05, 4.69) is 4.72 Å². The van der Waals surface area contributed by atoms with Crippen molar-refractivity contribution in [2.45, 2.75) is 24.3 Å². The van der Waals surface area contributed by atoms with Crippen LogP contribution in [-0.4, -0.2) is 26.2 Å². The molecule has 0 saturated carbocycles. The third-order valence-corrected chi connectivity index (χ3v) is 4.70. The van der Waals surface area contributed by atoms with Gasteiger partial charge in [-0.15, -0.1) is 0 Å². The number of aliphatic hydroxyl groups is 1. The molecule has 0 fully saturated rings. The number of rotatable bonds is 6. The fourth-order valence-electron chi connectivity index (χ4n) is 1.99. The van der Waals surface area contributed by atoms with Crippen molar-refractivity contribution >= 4 is 10.0 Å². The summed E-state index contributed by atoms with van der Waals surface area (Å²) in [6.07, 6.45) is -0.515. The van der Waals surface area contributed by atoms with Gasteiger partial charge in [-0.05, 0) is 36.6 Å². The van der Waals surface area contributed by atoms with Crippen LogP contribution in [0.25, 0.3) is 0 Å². The van der Waals surface area contributed by atoms with Gasteiger partial charge >= 0.3 is 0 Å². The molecule has 0 bridgehead atoms. The fourth-order valence-corrected chi connectivity index (χ4v) is 3.07. The summed E-state index contributed by atoms with van der Waals surface area (Å²) in [5.74, 6) is -0.576. The van der Waals surface area contributed by atoms with Gasteiger partial charge < -0.3 is 5.11 Å². The highest BCUT2D eigenvalue weighted by Gasteiger charge is 2.17. The number of aliphatic hydroxyl groups excluding tert-OH is 1. The molecule has 0 amide bonds. The average Bonchev–Trinajstić information content (AvgIpc) is 2.49. The van der Waals surface area contributed by atoms with Crippen molar-refractivity contribution in [3.8, 4) is 0 Å². The highest BCUT2D eigenvalue weighted by atomic mass is 32.2.